The first-order valence-electron chi connectivity index (χ1n) is 7.72. The lowest BCUT2D eigenvalue weighted by Gasteiger charge is -2.08. The summed E-state index contributed by atoms with van der Waals surface area (Å²) in [5, 5.41) is 4.02. The second kappa shape index (κ2) is 8.26. The van der Waals surface area contributed by atoms with Crippen LogP contribution in [0.25, 0.3) is 11.8 Å². The number of rotatable bonds is 5. The van der Waals surface area contributed by atoms with E-state index in [1.54, 1.807) is 12.3 Å². The van der Waals surface area contributed by atoms with E-state index in [1.807, 2.05) is 83.7 Å². The van der Waals surface area contributed by atoms with E-state index in [4.69, 9.17) is 0 Å². The number of aromatic nitrogens is 1. The quantitative estimate of drug-likeness (QED) is 0.498. The van der Waals surface area contributed by atoms with Gasteiger partial charge in [-0.1, -0.05) is 42.5 Å². The summed E-state index contributed by atoms with van der Waals surface area (Å²) in [7, 11) is 0. The van der Waals surface area contributed by atoms with Gasteiger partial charge < -0.3 is 4.57 Å². The molecule has 1 N–H and O–H groups in total. The van der Waals surface area contributed by atoms with Crippen LogP contribution in [0.2, 0.25) is 0 Å². The van der Waals surface area contributed by atoms with Gasteiger partial charge >= 0.3 is 0 Å². The second-order valence-electron chi connectivity index (χ2n) is 5.25. The molecule has 0 aliphatic rings. The molecule has 25 heavy (non-hydrogen) atoms. The fraction of sp³-hybridized carbons (Fsp3) is 0. The van der Waals surface area contributed by atoms with Crippen molar-refractivity contribution in [3.8, 4) is 5.69 Å². The number of nitrogens with zero attached hydrogens (tertiary/aromatic N) is 2. The molecule has 0 fully saturated rings. The molecular formula is C20H16BrN3O. The molecule has 1 amide bonds. The minimum Gasteiger partial charge on any atom is -0.323 e. The maximum Gasteiger partial charge on any atom is 0.273 e. The van der Waals surface area contributed by atoms with Gasteiger partial charge in [0, 0.05) is 16.9 Å². The van der Waals surface area contributed by atoms with Crippen molar-refractivity contribution in [3.05, 3.63) is 94.7 Å². The first-order chi connectivity index (χ1) is 12.2. The Kier molecular flexibility index (Phi) is 5.59. The van der Waals surface area contributed by atoms with E-state index in [9.17, 15) is 4.79 Å². The zero-order chi connectivity index (χ0) is 17.5. The summed E-state index contributed by atoms with van der Waals surface area (Å²) in [6.45, 7) is 0. The van der Waals surface area contributed by atoms with Crippen molar-refractivity contribution >= 4 is 34.1 Å². The van der Waals surface area contributed by atoms with Gasteiger partial charge in [0.15, 0.2) is 0 Å². The normalized spacial score (nSPS) is 11.6. The van der Waals surface area contributed by atoms with Crippen LogP contribution in [-0.4, -0.2) is 16.7 Å². The van der Waals surface area contributed by atoms with Crippen molar-refractivity contribution in [2.24, 2.45) is 5.10 Å². The van der Waals surface area contributed by atoms with Gasteiger partial charge in [0.1, 0.15) is 0 Å². The highest BCUT2D eigenvalue weighted by Gasteiger charge is 2.10. The standard InChI is InChI=1S/C20H16BrN3O/c21-17(14-16-8-2-1-3-9-16)15-22-23-20(25)18-10-4-5-11-19(18)24-12-6-7-13-24/h1-15H,(H,23,25)/b17-14-,22-15+. The first kappa shape index (κ1) is 16.9. The molecule has 5 heteroatoms. The van der Waals surface area contributed by atoms with Crippen LogP contribution < -0.4 is 5.43 Å². The van der Waals surface area contributed by atoms with Crippen molar-refractivity contribution in [1.29, 1.82) is 0 Å². The van der Waals surface area contributed by atoms with Gasteiger partial charge in [0.2, 0.25) is 0 Å². The van der Waals surface area contributed by atoms with E-state index >= 15 is 0 Å². The summed E-state index contributed by atoms with van der Waals surface area (Å²) < 4.78 is 2.65. The van der Waals surface area contributed by atoms with Crippen molar-refractivity contribution in [2.45, 2.75) is 0 Å². The Morgan fingerprint density at radius 3 is 2.40 bits per heavy atom. The number of hydrazone groups is 1. The maximum absolute atomic E-state index is 12.4. The Labute approximate surface area is 154 Å². The molecule has 3 rings (SSSR count). The number of halogens is 1. The minimum absolute atomic E-state index is 0.263. The van der Waals surface area contributed by atoms with E-state index in [0.717, 1.165) is 15.7 Å². The highest BCUT2D eigenvalue weighted by Crippen LogP contribution is 2.15. The van der Waals surface area contributed by atoms with Gasteiger partial charge in [-0.3, -0.25) is 4.79 Å². The van der Waals surface area contributed by atoms with Gasteiger partial charge in [0.05, 0.1) is 17.5 Å². The number of hydrogen-bond donors (Lipinski definition) is 1. The van der Waals surface area contributed by atoms with Gasteiger partial charge in [-0.25, -0.2) is 5.43 Å². The van der Waals surface area contributed by atoms with Crippen LogP contribution in [0.5, 0.6) is 0 Å². The number of benzene rings is 2. The molecule has 0 saturated carbocycles. The molecule has 0 aliphatic heterocycles. The number of para-hydroxylation sites is 1. The maximum atomic E-state index is 12.4. The van der Waals surface area contributed by atoms with E-state index < -0.39 is 0 Å². The topological polar surface area (TPSA) is 46.4 Å². The lowest BCUT2D eigenvalue weighted by Crippen LogP contribution is -2.19. The van der Waals surface area contributed by atoms with Gasteiger partial charge in [-0.15, -0.1) is 0 Å². The number of nitrogens with one attached hydrogen (secondary N) is 1. The monoisotopic (exact) mass is 393 g/mol. The van der Waals surface area contributed by atoms with Crippen molar-refractivity contribution in [1.82, 2.24) is 9.99 Å². The van der Waals surface area contributed by atoms with Crippen molar-refractivity contribution in [3.63, 3.8) is 0 Å². The molecule has 0 radical (unpaired) electrons. The Balaban J connectivity index is 1.70. The molecule has 124 valence electrons. The molecule has 1 aromatic heterocycles. The molecule has 0 aliphatic carbocycles. The Bertz CT molecular complexity index is 900. The molecule has 1 heterocycles. The summed E-state index contributed by atoms with van der Waals surface area (Å²) >= 11 is 3.42. The van der Waals surface area contributed by atoms with Gasteiger partial charge in [-0.2, -0.15) is 5.10 Å². The highest BCUT2D eigenvalue weighted by molar-refractivity contribution is 9.12. The van der Waals surface area contributed by atoms with Crippen LogP contribution in [0, 0.1) is 0 Å². The molecule has 0 unspecified atom stereocenters. The van der Waals surface area contributed by atoms with Crippen LogP contribution >= 0.6 is 15.9 Å². The van der Waals surface area contributed by atoms with Gasteiger partial charge in [0.25, 0.3) is 5.91 Å². The summed E-state index contributed by atoms with van der Waals surface area (Å²) in [4.78, 5) is 12.4. The number of carbonyl (C=O) groups is 1. The largest absolute Gasteiger partial charge is 0.323 e. The van der Waals surface area contributed by atoms with E-state index in [-0.39, 0.29) is 5.91 Å². The summed E-state index contributed by atoms with van der Waals surface area (Å²) in [5.74, 6) is -0.263. The molecule has 0 atom stereocenters. The van der Waals surface area contributed by atoms with E-state index in [2.05, 4.69) is 26.5 Å². The Morgan fingerprint density at radius 2 is 1.64 bits per heavy atom. The fourth-order valence-electron chi connectivity index (χ4n) is 2.34. The second-order valence-corrected chi connectivity index (χ2v) is 6.16. The van der Waals surface area contributed by atoms with Gasteiger partial charge in [-0.05, 0) is 51.8 Å². The highest BCUT2D eigenvalue weighted by atomic mass is 79.9. The van der Waals surface area contributed by atoms with E-state index in [1.165, 1.54) is 0 Å². The fourth-order valence-corrected chi connectivity index (χ4v) is 2.71. The van der Waals surface area contributed by atoms with Crippen LogP contribution in [0.3, 0.4) is 0 Å². The summed E-state index contributed by atoms with van der Waals surface area (Å²) in [5.41, 5.74) is 4.97. The third-order valence-corrected chi connectivity index (χ3v) is 3.92. The third-order valence-electron chi connectivity index (χ3n) is 3.49. The lowest BCUT2D eigenvalue weighted by molar-refractivity contribution is 0.0955. The van der Waals surface area contributed by atoms with Crippen LogP contribution in [0.1, 0.15) is 15.9 Å². The molecular weight excluding hydrogens is 378 g/mol. The number of hydrogen-bond acceptors (Lipinski definition) is 2. The zero-order valence-electron chi connectivity index (χ0n) is 13.3. The van der Waals surface area contributed by atoms with E-state index in [0.29, 0.717) is 5.56 Å². The Hall–Kier alpha value is -2.92. The number of allylic oxidation sites excluding steroid dienone is 1. The minimum atomic E-state index is -0.263. The molecule has 2 aromatic carbocycles. The average Bonchev–Trinajstić information content (AvgIpc) is 3.17. The summed E-state index contributed by atoms with van der Waals surface area (Å²) in [6, 6.07) is 21.1. The molecule has 0 saturated heterocycles. The average molecular weight is 394 g/mol. The molecule has 4 nitrogen and oxygen atoms in total. The third kappa shape index (κ3) is 4.55. The number of amides is 1. The summed E-state index contributed by atoms with van der Waals surface area (Å²) in [6.07, 6.45) is 7.27. The zero-order valence-corrected chi connectivity index (χ0v) is 14.9. The Morgan fingerprint density at radius 1 is 0.960 bits per heavy atom. The van der Waals surface area contributed by atoms with Crippen molar-refractivity contribution < 1.29 is 4.79 Å². The smallest absolute Gasteiger partial charge is 0.273 e. The lowest BCUT2D eigenvalue weighted by atomic mass is 10.1. The van der Waals surface area contributed by atoms with Crippen LogP contribution in [0.15, 0.2) is 88.7 Å². The SMILES string of the molecule is O=C(N/N=C/C(Br)=C/c1ccccc1)c1ccccc1-n1cccc1. The predicted octanol–water partition coefficient (Wildman–Crippen LogP) is 4.63. The van der Waals surface area contributed by atoms with Crippen LogP contribution in [0.4, 0.5) is 0 Å². The molecule has 0 bridgehead atoms. The molecule has 0 spiro atoms. The first-order valence-corrected chi connectivity index (χ1v) is 8.51. The molecule has 3 aromatic rings. The van der Waals surface area contributed by atoms with Crippen molar-refractivity contribution in [2.75, 3.05) is 0 Å². The number of carbonyl (C=O) groups excluding carboxylic acids is 1. The van der Waals surface area contributed by atoms with Crippen LogP contribution in [-0.2, 0) is 0 Å². The predicted molar refractivity (Wildman–Crippen MR) is 105 cm³/mol.